The van der Waals surface area contributed by atoms with Gasteiger partial charge in [0, 0.05) is 29.3 Å². The zero-order valence-electron chi connectivity index (χ0n) is 12.9. The van der Waals surface area contributed by atoms with Crippen LogP contribution in [0, 0.1) is 11.6 Å². The number of nitrogens with zero attached hydrogens (tertiary/aromatic N) is 1. The first kappa shape index (κ1) is 16.9. The average molecular weight is 395 g/mol. The van der Waals surface area contributed by atoms with Gasteiger partial charge in [0.15, 0.2) is 0 Å². The molecule has 1 fully saturated rings. The van der Waals surface area contributed by atoms with Crippen molar-refractivity contribution >= 4 is 27.5 Å². The van der Waals surface area contributed by atoms with E-state index in [-0.39, 0.29) is 23.6 Å². The van der Waals surface area contributed by atoms with Gasteiger partial charge in [-0.25, -0.2) is 8.78 Å². The Hall–Kier alpha value is -1.95. The van der Waals surface area contributed by atoms with Crippen molar-refractivity contribution in [1.82, 2.24) is 5.32 Å². The Labute approximate surface area is 147 Å². The van der Waals surface area contributed by atoms with Gasteiger partial charge in [-0.15, -0.1) is 0 Å². The van der Waals surface area contributed by atoms with Gasteiger partial charge in [-0.3, -0.25) is 4.79 Å². The van der Waals surface area contributed by atoms with Crippen LogP contribution in [-0.4, -0.2) is 25.0 Å². The van der Waals surface area contributed by atoms with Gasteiger partial charge in [-0.2, -0.15) is 0 Å². The van der Waals surface area contributed by atoms with Gasteiger partial charge in [0.05, 0.1) is 5.56 Å². The molecule has 1 saturated heterocycles. The summed E-state index contributed by atoms with van der Waals surface area (Å²) in [6.07, 6.45) is 1.56. The smallest absolute Gasteiger partial charge is 0.252 e. The fourth-order valence-electron chi connectivity index (χ4n) is 2.89. The lowest BCUT2D eigenvalue weighted by Crippen LogP contribution is -2.44. The Morgan fingerprint density at radius 2 is 1.79 bits per heavy atom. The highest BCUT2D eigenvalue weighted by molar-refractivity contribution is 9.10. The molecule has 126 valence electrons. The number of amides is 1. The molecule has 1 aliphatic rings. The zero-order valence-corrected chi connectivity index (χ0v) is 14.5. The summed E-state index contributed by atoms with van der Waals surface area (Å²) >= 11 is 3.21. The van der Waals surface area contributed by atoms with Crippen molar-refractivity contribution in [3.8, 4) is 0 Å². The third kappa shape index (κ3) is 3.93. The van der Waals surface area contributed by atoms with Crippen LogP contribution in [0.5, 0.6) is 0 Å². The maximum Gasteiger partial charge on any atom is 0.252 e. The standard InChI is InChI=1S/C18H17BrF2N2O/c19-17-11-13(21)4-5-16(17)18(24)22-14-6-8-23(9-7-14)15-3-1-2-12(20)10-15/h1-5,10-11,14H,6-9H2,(H,22,24). The maximum atomic E-state index is 13.3. The quantitative estimate of drug-likeness (QED) is 0.848. The summed E-state index contributed by atoms with van der Waals surface area (Å²) in [5.41, 5.74) is 1.28. The number of hydrogen-bond acceptors (Lipinski definition) is 2. The zero-order chi connectivity index (χ0) is 17.1. The molecular formula is C18H17BrF2N2O. The molecule has 0 aromatic heterocycles. The van der Waals surface area contributed by atoms with E-state index in [0.717, 1.165) is 31.6 Å². The lowest BCUT2D eigenvalue weighted by Gasteiger charge is -2.34. The Morgan fingerprint density at radius 3 is 2.46 bits per heavy atom. The second-order valence-corrected chi connectivity index (χ2v) is 6.69. The van der Waals surface area contributed by atoms with Gasteiger partial charge in [0.25, 0.3) is 5.91 Å². The Balaban J connectivity index is 1.58. The van der Waals surface area contributed by atoms with E-state index in [1.165, 1.54) is 30.3 Å². The molecule has 0 spiro atoms. The van der Waals surface area contributed by atoms with Crippen molar-refractivity contribution in [2.75, 3.05) is 18.0 Å². The van der Waals surface area contributed by atoms with Crippen molar-refractivity contribution in [2.45, 2.75) is 18.9 Å². The summed E-state index contributed by atoms with van der Waals surface area (Å²) in [7, 11) is 0. The molecule has 0 unspecified atom stereocenters. The Kier molecular flexibility index (Phi) is 5.14. The molecule has 0 bridgehead atoms. The van der Waals surface area contributed by atoms with E-state index < -0.39 is 0 Å². The highest BCUT2D eigenvalue weighted by Gasteiger charge is 2.22. The molecule has 3 rings (SSSR count). The molecule has 1 heterocycles. The normalized spacial score (nSPS) is 15.4. The minimum atomic E-state index is -0.387. The van der Waals surface area contributed by atoms with Crippen LogP contribution in [0.2, 0.25) is 0 Å². The number of nitrogens with one attached hydrogen (secondary N) is 1. The van der Waals surface area contributed by atoms with Crippen LogP contribution in [0.15, 0.2) is 46.9 Å². The first-order valence-corrected chi connectivity index (χ1v) is 8.58. The molecule has 2 aromatic rings. The fraction of sp³-hybridized carbons (Fsp3) is 0.278. The van der Waals surface area contributed by atoms with Crippen LogP contribution < -0.4 is 10.2 Å². The molecule has 0 saturated carbocycles. The monoisotopic (exact) mass is 394 g/mol. The number of rotatable bonds is 3. The molecule has 0 aliphatic carbocycles. The van der Waals surface area contributed by atoms with Gasteiger partial charge < -0.3 is 10.2 Å². The van der Waals surface area contributed by atoms with Crippen LogP contribution in [0.1, 0.15) is 23.2 Å². The summed E-state index contributed by atoms with van der Waals surface area (Å²) in [4.78, 5) is 14.4. The van der Waals surface area contributed by atoms with Crippen LogP contribution in [0.4, 0.5) is 14.5 Å². The first-order valence-electron chi connectivity index (χ1n) is 7.79. The molecule has 1 N–H and O–H groups in total. The Morgan fingerprint density at radius 1 is 1.08 bits per heavy atom. The van der Waals surface area contributed by atoms with Crippen molar-refractivity contribution in [2.24, 2.45) is 0 Å². The lowest BCUT2D eigenvalue weighted by molar-refractivity contribution is 0.0930. The van der Waals surface area contributed by atoms with E-state index in [0.29, 0.717) is 10.0 Å². The number of piperidine rings is 1. The minimum absolute atomic E-state index is 0.0549. The van der Waals surface area contributed by atoms with E-state index in [9.17, 15) is 13.6 Å². The molecule has 24 heavy (non-hydrogen) atoms. The molecule has 2 aromatic carbocycles. The van der Waals surface area contributed by atoms with E-state index in [2.05, 4.69) is 26.1 Å². The van der Waals surface area contributed by atoms with Crippen LogP contribution in [0.3, 0.4) is 0 Å². The number of carbonyl (C=O) groups is 1. The van der Waals surface area contributed by atoms with Crippen molar-refractivity contribution < 1.29 is 13.6 Å². The largest absolute Gasteiger partial charge is 0.371 e. The molecular weight excluding hydrogens is 378 g/mol. The van der Waals surface area contributed by atoms with Crippen molar-refractivity contribution in [3.05, 3.63) is 64.1 Å². The minimum Gasteiger partial charge on any atom is -0.371 e. The second kappa shape index (κ2) is 7.30. The van der Waals surface area contributed by atoms with Crippen molar-refractivity contribution in [3.63, 3.8) is 0 Å². The van der Waals surface area contributed by atoms with Crippen LogP contribution in [0.25, 0.3) is 0 Å². The van der Waals surface area contributed by atoms with E-state index >= 15 is 0 Å². The van der Waals surface area contributed by atoms with E-state index in [4.69, 9.17) is 0 Å². The van der Waals surface area contributed by atoms with Gasteiger partial charge >= 0.3 is 0 Å². The highest BCUT2D eigenvalue weighted by atomic mass is 79.9. The van der Waals surface area contributed by atoms with Crippen LogP contribution >= 0.6 is 15.9 Å². The number of hydrogen-bond donors (Lipinski definition) is 1. The topological polar surface area (TPSA) is 32.3 Å². The third-order valence-corrected chi connectivity index (χ3v) is 4.84. The molecule has 0 atom stereocenters. The number of benzene rings is 2. The summed E-state index contributed by atoms with van der Waals surface area (Å²) in [5, 5.41) is 2.99. The van der Waals surface area contributed by atoms with Gasteiger partial charge in [-0.05, 0) is 65.2 Å². The molecule has 6 heteroatoms. The van der Waals surface area contributed by atoms with Gasteiger partial charge in [-0.1, -0.05) is 6.07 Å². The number of anilines is 1. The van der Waals surface area contributed by atoms with Gasteiger partial charge in [0.1, 0.15) is 11.6 Å². The second-order valence-electron chi connectivity index (χ2n) is 5.84. The molecule has 0 radical (unpaired) electrons. The van der Waals surface area contributed by atoms with E-state index in [1.54, 1.807) is 6.07 Å². The maximum absolute atomic E-state index is 13.3. The summed E-state index contributed by atoms with van der Waals surface area (Å²) in [6, 6.07) is 10.6. The van der Waals surface area contributed by atoms with Crippen LogP contribution in [-0.2, 0) is 0 Å². The average Bonchev–Trinajstić information content (AvgIpc) is 2.55. The van der Waals surface area contributed by atoms with Gasteiger partial charge in [0.2, 0.25) is 0 Å². The third-order valence-electron chi connectivity index (χ3n) is 4.18. The SMILES string of the molecule is O=C(NC1CCN(c2cccc(F)c2)CC1)c1ccc(F)cc1Br. The first-order chi connectivity index (χ1) is 11.5. The lowest BCUT2D eigenvalue weighted by atomic mass is 10.0. The number of carbonyl (C=O) groups excluding carboxylic acids is 1. The predicted molar refractivity (Wildman–Crippen MR) is 93.2 cm³/mol. The molecule has 3 nitrogen and oxygen atoms in total. The molecule has 1 amide bonds. The Bertz CT molecular complexity index is 746. The van der Waals surface area contributed by atoms with E-state index in [1.807, 2.05) is 6.07 Å². The van der Waals surface area contributed by atoms with Crippen molar-refractivity contribution in [1.29, 1.82) is 0 Å². The summed E-state index contributed by atoms with van der Waals surface area (Å²) in [5.74, 6) is -0.850. The molecule has 1 aliphatic heterocycles. The highest BCUT2D eigenvalue weighted by Crippen LogP contribution is 2.22. The number of halogens is 3. The summed E-state index contributed by atoms with van der Waals surface area (Å²) < 4.78 is 26.9. The fourth-order valence-corrected chi connectivity index (χ4v) is 3.42. The summed E-state index contributed by atoms with van der Waals surface area (Å²) in [6.45, 7) is 1.50. The predicted octanol–water partition coefficient (Wildman–Crippen LogP) is 4.13.